The van der Waals surface area contributed by atoms with Gasteiger partial charge in [-0.2, -0.15) is 0 Å². The number of amides is 1. The van der Waals surface area contributed by atoms with Gasteiger partial charge >= 0.3 is 5.97 Å². The van der Waals surface area contributed by atoms with Crippen LogP contribution in [0.15, 0.2) is 42.5 Å². The van der Waals surface area contributed by atoms with E-state index in [4.69, 9.17) is 25.8 Å². The zero-order valence-corrected chi connectivity index (χ0v) is 17.0. The molecule has 0 spiro atoms. The summed E-state index contributed by atoms with van der Waals surface area (Å²) in [5, 5.41) is 3.93. The van der Waals surface area contributed by atoms with Crippen molar-refractivity contribution < 1.29 is 23.8 Å². The largest absolute Gasteiger partial charge is 0.497 e. The molecule has 0 aliphatic carbocycles. The molecule has 1 aromatic heterocycles. The summed E-state index contributed by atoms with van der Waals surface area (Å²) in [6.45, 7) is -0.243. The van der Waals surface area contributed by atoms with Gasteiger partial charge in [-0.3, -0.25) is 4.79 Å². The van der Waals surface area contributed by atoms with Gasteiger partial charge in [0.2, 0.25) is 5.91 Å². The maximum absolute atomic E-state index is 12.1. The fourth-order valence-corrected chi connectivity index (χ4v) is 3.39. The lowest BCUT2D eigenvalue weighted by molar-refractivity contribution is -0.147. The van der Waals surface area contributed by atoms with E-state index in [-0.39, 0.29) is 24.3 Å². The molecule has 2 aromatic carbocycles. The van der Waals surface area contributed by atoms with Crippen LogP contribution in [0.4, 0.5) is 5.69 Å². The predicted octanol–water partition coefficient (Wildman–Crippen LogP) is 3.90. The van der Waals surface area contributed by atoms with Crippen LogP contribution in [-0.2, 0) is 27.4 Å². The van der Waals surface area contributed by atoms with Crippen LogP contribution in [0.1, 0.15) is 17.5 Å². The second kappa shape index (κ2) is 8.59. The Kier molecular flexibility index (Phi) is 5.72. The first-order chi connectivity index (χ1) is 14.5. The van der Waals surface area contributed by atoms with E-state index in [1.807, 2.05) is 24.3 Å². The Morgan fingerprint density at radius 3 is 2.80 bits per heavy atom. The molecule has 154 valence electrons. The first-order valence-electron chi connectivity index (χ1n) is 9.36. The van der Waals surface area contributed by atoms with E-state index in [0.717, 1.165) is 16.6 Å². The molecule has 3 aromatic rings. The van der Waals surface area contributed by atoms with Crippen LogP contribution in [0.5, 0.6) is 11.5 Å². The van der Waals surface area contributed by atoms with Gasteiger partial charge in [-0.05, 0) is 48.4 Å². The summed E-state index contributed by atoms with van der Waals surface area (Å²) in [5.74, 6) is 0.709. The number of pyridine rings is 1. The highest BCUT2D eigenvalue weighted by Gasteiger charge is 2.16. The molecule has 0 saturated heterocycles. The minimum atomic E-state index is -0.521. The number of nitrogens with one attached hydrogen (secondary N) is 1. The summed E-state index contributed by atoms with van der Waals surface area (Å²) in [7, 11) is 1.58. The van der Waals surface area contributed by atoms with Crippen molar-refractivity contribution in [2.24, 2.45) is 0 Å². The Balaban J connectivity index is 1.35. The molecule has 0 radical (unpaired) electrons. The minimum absolute atomic E-state index is 0.000671. The van der Waals surface area contributed by atoms with E-state index < -0.39 is 5.97 Å². The van der Waals surface area contributed by atoms with Crippen molar-refractivity contribution in [2.75, 3.05) is 19.0 Å². The number of rotatable bonds is 6. The SMILES string of the molecule is COc1ccc2cc(COC(=O)COc3ccc4c(c3)CCC(=O)N4)c(Cl)nc2c1. The maximum atomic E-state index is 12.1. The molecule has 0 fully saturated rings. The number of benzene rings is 2. The number of aryl methyl sites for hydroxylation is 1. The second-order valence-corrected chi connectivity index (χ2v) is 7.17. The molecule has 0 saturated carbocycles. The highest BCUT2D eigenvalue weighted by molar-refractivity contribution is 6.30. The third-order valence-corrected chi connectivity index (χ3v) is 5.10. The number of carbonyl (C=O) groups excluding carboxylic acids is 2. The number of carbonyl (C=O) groups is 2. The van der Waals surface area contributed by atoms with Gasteiger partial charge in [0, 0.05) is 29.1 Å². The Morgan fingerprint density at radius 1 is 1.13 bits per heavy atom. The van der Waals surface area contributed by atoms with Gasteiger partial charge < -0.3 is 19.5 Å². The monoisotopic (exact) mass is 426 g/mol. The minimum Gasteiger partial charge on any atom is -0.497 e. The number of nitrogens with zero attached hydrogens (tertiary/aromatic N) is 1. The Morgan fingerprint density at radius 2 is 1.97 bits per heavy atom. The summed E-state index contributed by atoms with van der Waals surface area (Å²) in [5.41, 5.74) is 3.05. The zero-order valence-electron chi connectivity index (χ0n) is 16.2. The maximum Gasteiger partial charge on any atom is 0.344 e. The Labute approximate surface area is 177 Å². The smallest absolute Gasteiger partial charge is 0.344 e. The van der Waals surface area contributed by atoms with Crippen molar-refractivity contribution in [3.63, 3.8) is 0 Å². The third-order valence-electron chi connectivity index (χ3n) is 4.77. The zero-order chi connectivity index (χ0) is 21.1. The molecule has 0 unspecified atom stereocenters. The van der Waals surface area contributed by atoms with Crippen LogP contribution >= 0.6 is 11.6 Å². The van der Waals surface area contributed by atoms with Crippen molar-refractivity contribution in [1.82, 2.24) is 4.98 Å². The van der Waals surface area contributed by atoms with E-state index in [0.29, 0.717) is 35.4 Å². The van der Waals surface area contributed by atoms with E-state index in [1.165, 1.54) is 0 Å². The summed E-state index contributed by atoms with van der Waals surface area (Å²) < 4.78 is 16.0. The molecular formula is C22H19ClN2O5. The van der Waals surface area contributed by atoms with Gasteiger partial charge in [-0.15, -0.1) is 0 Å². The molecule has 1 aliphatic heterocycles. The van der Waals surface area contributed by atoms with E-state index in [1.54, 1.807) is 25.3 Å². The standard InChI is InChI=1S/C22H19ClN2O5/c1-28-16-4-2-13-8-15(22(23)25-19(13)10-16)11-30-21(27)12-29-17-5-6-18-14(9-17)3-7-20(26)24-18/h2,4-6,8-10H,3,7,11-12H2,1H3,(H,24,26). The molecule has 1 amide bonds. The third kappa shape index (κ3) is 4.46. The molecule has 0 bridgehead atoms. The molecule has 2 heterocycles. The fourth-order valence-electron chi connectivity index (χ4n) is 3.19. The Hall–Kier alpha value is -3.32. The van der Waals surface area contributed by atoms with Gasteiger partial charge in [-0.25, -0.2) is 9.78 Å². The number of aromatic nitrogens is 1. The van der Waals surface area contributed by atoms with Crippen molar-refractivity contribution >= 4 is 40.1 Å². The van der Waals surface area contributed by atoms with Crippen molar-refractivity contribution in [1.29, 1.82) is 0 Å². The number of ether oxygens (including phenoxy) is 3. The number of methoxy groups -OCH3 is 1. The molecule has 1 aliphatic rings. The average molecular weight is 427 g/mol. The molecule has 4 rings (SSSR count). The fraction of sp³-hybridized carbons (Fsp3) is 0.227. The molecule has 1 N–H and O–H groups in total. The topological polar surface area (TPSA) is 86.8 Å². The van der Waals surface area contributed by atoms with Crippen LogP contribution in [0, 0.1) is 0 Å². The highest BCUT2D eigenvalue weighted by atomic mass is 35.5. The van der Waals surface area contributed by atoms with Crippen molar-refractivity contribution in [3.8, 4) is 11.5 Å². The summed E-state index contributed by atoms with van der Waals surface area (Å²) in [4.78, 5) is 27.8. The molecule has 8 heteroatoms. The number of hydrogen-bond donors (Lipinski definition) is 1. The molecule has 7 nitrogen and oxygen atoms in total. The predicted molar refractivity (Wildman–Crippen MR) is 112 cm³/mol. The number of fused-ring (bicyclic) bond motifs is 2. The first-order valence-corrected chi connectivity index (χ1v) is 9.74. The van der Waals surface area contributed by atoms with Crippen LogP contribution in [0.3, 0.4) is 0 Å². The van der Waals surface area contributed by atoms with Gasteiger partial charge in [0.15, 0.2) is 6.61 Å². The lowest BCUT2D eigenvalue weighted by Gasteiger charge is -2.17. The van der Waals surface area contributed by atoms with Gasteiger partial charge in [0.05, 0.1) is 12.6 Å². The Bertz CT molecular complexity index is 1130. The number of esters is 1. The van der Waals surface area contributed by atoms with E-state index in [2.05, 4.69) is 10.3 Å². The van der Waals surface area contributed by atoms with Crippen LogP contribution in [-0.4, -0.2) is 30.6 Å². The lowest BCUT2D eigenvalue weighted by atomic mass is 10.0. The molecular weight excluding hydrogens is 408 g/mol. The van der Waals surface area contributed by atoms with E-state index in [9.17, 15) is 9.59 Å². The van der Waals surface area contributed by atoms with Gasteiger partial charge in [0.25, 0.3) is 0 Å². The van der Waals surface area contributed by atoms with Crippen molar-refractivity contribution in [2.45, 2.75) is 19.4 Å². The summed E-state index contributed by atoms with van der Waals surface area (Å²) >= 11 is 6.23. The summed E-state index contributed by atoms with van der Waals surface area (Å²) in [6, 6.07) is 12.6. The first kappa shape index (κ1) is 20.0. The van der Waals surface area contributed by atoms with Crippen molar-refractivity contribution in [3.05, 3.63) is 58.7 Å². The molecule has 0 atom stereocenters. The van der Waals surface area contributed by atoms with Crippen LogP contribution in [0.2, 0.25) is 5.15 Å². The lowest BCUT2D eigenvalue weighted by Crippen LogP contribution is -2.19. The van der Waals surface area contributed by atoms with Gasteiger partial charge in [0.1, 0.15) is 23.3 Å². The van der Waals surface area contributed by atoms with Crippen LogP contribution in [0.25, 0.3) is 10.9 Å². The molecule has 30 heavy (non-hydrogen) atoms. The second-order valence-electron chi connectivity index (χ2n) is 6.81. The average Bonchev–Trinajstić information content (AvgIpc) is 2.75. The summed E-state index contributed by atoms with van der Waals surface area (Å²) in [6.07, 6.45) is 1.08. The van der Waals surface area contributed by atoms with Crippen LogP contribution < -0.4 is 14.8 Å². The van der Waals surface area contributed by atoms with Gasteiger partial charge in [-0.1, -0.05) is 11.6 Å². The number of halogens is 1. The normalized spacial score (nSPS) is 12.8. The quantitative estimate of drug-likeness (QED) is 0.475. The number of hydrogen-bond acceptors (Lipinski definition) is 6. The highest BCUT2D eigenvalue weighted by Crippen LogP contribution is 2.27. The number of anilines is 1. The van der Waals surface area contributed by atoms with E-state index >= 15 is 0 Å².